The van der Waals surface area contributed by atoms with Crippen molar-refractivity contribution in [3.8, 4) is 17.5 Å². The van der Waals surface area contributed by atoms with Crippen LogP contribution < -0.4 is 10.5 Å². The molecule has 0 aliphatic heterocycles. The molecule has 5 heteroatoms. The minimum Gasteiger partial charge on any atom is -0.497 e. The molecule has 20 heavy (non-hydrogen) atoms. The molecule has 0 bridgehead atoms. The van der Waals surface area contributed by atoms with E-state index < -0.39 is 0 Å². The highest BCUT2D eigenvalue weighted by Gasteiger charge is 2.11. The number of ether oxygens (including phenoxy) is 1. The molecule has 0 saturated heterocycles. The van der Waals surface area contributed by atoms with Gasteiger partial charge in [-0.15, -0.1) is 0 Å². The van der Waals surface area contributed by atoms with Gasteiger partial charge >= 0.3 is 0 Å². The van der Waals surface area contributed by atoms with E-state index in [-0.39, 0.29) is 0 Å². The molecule has 0 aliphatic rings. The minimum atomic E-state index is 0.378. The van der Waals surface area contributed by atoms with E-state index in [4.69, 9.17) is 15.7 Å². The Hall–Kier alpha value is -3.00. The summed E-state index contributed by atoms with van der Waals surface area (Å²) in [5, 5.41) is 9.00. The average Bonchev–Trinajstić information content (AvgIpc) is 2.82. The van der Waals surface area contributed by atoms with Gasteiger partial charge in [0.2, 0.25) is 5.95 Å². The maximum Gasteiger partial charge on any atom is 0.205 e. The van der Waals surface area contributed by atoms with Gasteiger partial charge in [0.15, 0.2) is 0 Å². The third-order valence-corrected chi connectivity index (χ3v) is 3.12. The summed E-state index contributed by atoms with van der Waals surface area (Å²) in [5.74, 6) is 1.11. The van der Waals surface area contributed by atoms with Crippen LogP contribution in [0, 0.1) is 11.3 Å². The van der Waals surface area contributed by atoms with Crippen molar-refractivity contribution in [1.29, 1.82) is 5.26 Å². The fourth-order valence-electron chi connectivity index (χ4n) is 2.19. The molecular formula is C15H12N4O. The number of aromatic nitrogens is 2. The molecule has 2 aromatic carbocycles. The zero-order chi connectivity index (χ0) is 14.1. The Morgan fingerprint density at radius 1 is 1.25 bits per heavy atom. The number of hydrogen-bond acceptors (Lipinski definition) is 4. The number of nitrogens with two attached hydrogens (primary N) is 1. The van der Waals surface area contributed by atoms with Gasteiger partial charge in [0.05, 0.1) is 35.5 Å². The first-order valence-electron chi connectivity index (χ1n) is 6.05. The standard InChI is InChI=1S/C15H12N4O/c1-20-12-5-6-13-14(8-12)19(15(17)18-13)11-4-2-3-10(7-11)9-16/h2-8H,1H3,(H2,17,18). The van der Waals surface area contributed by atoms with Crippen molar-refractivity contribution >= 4 is 17.0 Å². The molecule has 0 saturated carbocycles. The molecule has 98 valence electrons. The third-order valence-electron chi connectivity index (χ3n) is 3.12. The van der Waals surface area contributed by atoms with E-state index in [0.29, 0.717) is 11.5 Å². The van der Waals surface area contributed by atoms with Gasteiger partial charge in [-0.3, -0.25) is 4.57 Å². The lowest BCUT2D eigenvalue weighted by Gasteiger charge is -2.07. The summed E-state index contributed by atoms with van der Waals surface area (Å²) in [7, 11) is 1.61. The van der Waals surface area contributed by atoms with Crippen molar-refractivity contribution in [2.24, 2.45) is 0 Å². The van der Waals surface area contributed by atoms with Crippen LogP contribution in [0.3, 0.4) is 0 Å². The molecule has 0 unspecified atom stereocenters. The smallest absolute Gasteiger partial charge is 0.205 e. The van der Waals surface area contributed by atoms with E-state index in [1.165, 1.54) is 0 Å². The Morgan fingerprint density at radius 2 is 2.10 bits per heavy atom. The molecule has 0 spiro atoms. The van der Waals surface area contributed by atoms with Crippen LogP contribution in [0.4, 0.5) is 5.95 Å². The molecule has 3 aromatic rings. The predicted molar refractivity (Wildman–Crippen MR) is 76.7 cm³/mol. The first kappa shape index (κ1) is 12.1. The zero-order valence-corrected chi connectivity index (χ0v) is 10.9. The van der Waals surface area contributed by atoms with Gasteiger partial charge in [0, 0.05) is 6.07 Å². The van der Waals surface area contributed by atoms with Crippen LogP contribution in [-0.4, -0.2) is 16.7 Å². The second kappa shape index (κ2) is 4.59. The molecule has 1 heterocycles. The quantitative estimate of drug-likeness (QED) is 0.771. The van der Waals surface area contributed by atoms with Crippen LogP contribution in [0.5, 0.6) is 5.75 Å². The molecule has 3 rings (SSSR count). The van der Waals surface area contributed by atoms with E-state index in [1.807, 2.05) is 30.3 Å². The normalized spacial score (nSPS) is 10.4. The Kier molecular flexibility index (Phi) is 2.77. The van der Waals surface area contributed by atoms with Gasteiger partial charge in [0.25, 0.3) is 0 Å². The summed E-state index contributed by atoms with van der Waals surface area (Å²) in [4.78, 5) is 4.32. The second-order valence-corrected chi connectivity index (χ2v) is 4.32. The summed E-state index contributed by atoms with van der Waals surface area (Å²) >= 11 is 0. The SMILES string of the molecule is COc1ccc2nc(N)n(-c3cccc(C#N)c3)c2c1. The number of nitriles is 1. The monoisotopic (exact) mass is 264 g/mol. The van der Waals surface area contributed by atoms with Crippen LogP contribution in [0.1, 0.15) is 5.56 Å². The first-order valence-corrected chi connectivity index (χ1v) is 6.05. The highest BCUT2D eigenvalue weighted by Crippen LogP contribution is 2.26. The average molecular weight is 264 g/mol. The van der Waals surface area contributed by atoms with Crippen LogP contribution in [0.25, 0.3) is 16.7 Å². The van der Waals surface area contributed by atoms with Crippen molar-refractivity contribution in [3.63, 3.8) is 0 Å². The highest BCUT2D eigenvalue weighted by atomic mass is 16.5. The van der Waals surface area contributed by atoms with Crippen molar-refractivity contribution in [2.45, 2.75) is 0 Å². The lowest BCUT2D eigenvalue weighted by Crippen LogP contribution is -2.00. The molecule has 0 fully saturated rings. The van der Waals surface area contributed by atoms with E-state index in [2.05, 4.69) is 11.1 Å². The lowest BCUT2D eigenvalue weighted by molar-refractivity contribution is 0.415. The fraction of sp³-hybridized carbons (Fsp3) is 0.0667. The molecule has 0 radical (unpaired) electrons. The number of rotatable bonds is 2. The van der Waals surface area contributed by atoms with Gasteiger partial charge in [-0.25, -0.2) is 4.98 Å². The van der Waals surface area contributed by atoms with Crippen molar-refractivity contribution < 1.29 is 4.74 Å². The third kappa shape index (κ3) is 1.84. The summed E-state index contributed by atoms with van der Waals surface area (Å²) in [6.45, 7) is 0. The summed E-state index contributed by atoms with van der Waals surface area (Å²) in [6, 6.07) is 14.9. The van der Waals surface area contributed by atoms with Crippen molar-refractivity contribution in [3.05, 3.63) is 48.0 Å². The van der Waals surface area contributed by atoms with Gasteiger partial charge in [-0.05, 0) is 30.3 Å². The number of anilines is 1. The van der Waals surface area contributed by atoms with Crippen LogP contribution in [0.2, 0.25) is 0 Å². The van der Waals surface area contributed by atoms with E-state index in [1.54, 1.807) is 23.8 Å². The molecular weight excluding hydrogens is 252 g/mol. The molecule has 0 amide bonds. The Bertz CT molecular complexity index is 829. The topological polar surface area (TPSA) is 76.9 Å². The maximum atomic E-state index is 9.00. The van der Waals surface area contributed by atoms with E-state index in [9.17, 15) is 0 Å². The van der Waals surface area contributed by atoms with Crippen LogP contribution in [0.15, 0.2) is 42.5 Å². The molecule has 0 aliphatic carbocycles. The van der Waals surface area contributed by atoms with Gasteiger partial charge in [0.1, 0.15) is 5.75 Å². The summed E-state index contributed by atoms with van der Waals surface area (Å²) < 4.78 is 7.04. The lowest BCUT2D eigenvalue weighted by atomic mass is 10.2. The summed E-state index contributed by atoms with van der Waals surface area (Å²) in [5.41, 5.74) is 9.00. The van der Waals surface area contributed by atoms with Crippen LogP contribution in [-0.2, 0) is 0 Å². The molecule has 0 atom stereocenters. The van der Waals surface area contributed by atoms with Crippen molar-refractivity contribution in [2.75, 3.05) is 12.8 Å². The van der Waals surface area contributed by atoms with Crippen LogP contribution >= 0.6 is 0 Å². The number of methoxy groups -OCH3 is 1. The second-order valence-electron chi connectivity index (χ2n) is 4.32. The van der Waals surface area contributed by atoms with Gasteiger partial charge in [-0.1, -0.05) is 6.07 Å². The van der Waals surface area contributed by atoms with Gasteiger partial charge < -0.3 is 10.5 Å². The van der Waals surface area contributed by atoms with E-state index in [0.717, 1.165) is 22.5 Å². The maximum absolute atomic E-state index is 9.00. The molecule has 2 N–H and O–H groups in total. The zero-order valence-electron chi connectivity index (χ0n) is 10.9. The number of benzene rings is 2. The Balaban J connectivity index is 2.29. The molecule has 5 nitrogen and oxygen atoms in total. The predicted octanol–water partition coefficient (Wildman–Crippen LogP) is 2.49. The van der Waals surface area contributed by atoms with E-state index >= 15 is 0 Å². The largest absolute Gasteiger partial charge is 0.497 e. The van der Waals surface area contributed by atoms with Gasteiger partial charge in [-0.2, -0.15) is 5.26 Å². The number of imidazole rings is 1. The number of fused-ring (bicyclic) bond motifs is 1. The first-order chi connectivity index (χ1) is 9.72. The number of nitrogens with zero attached hydrogens (tertiary/aromatic N) is 3. The fourth-order valence-corrected chi connectivity index (χ4v) is 2.19. The minimum absolute atomic E-state index is 0.378. The number of nitrogen functional groups attached to an aromatic ring is 1. The molecule has 1 aromatic heterocycles. The summed E-state index contributed by atoms with van der Waals surface area (Å²) in [6.07, 6.45) is 0. The Labute approximate surface area is 115 Å². The Morgan fingerprint density at radius 3 is 2.85 bits per heavy atom. The highest BCUT2D eigenvalue weighted by molar-refractivity contribution is 5.82. The number of hydrogen-bond donors (Lipinski definition) is 1. The van der Waals surface area contributed by atoms with Crippen molar-refractivity contribution in [1.82, 2.24) is 9.55 Å².